The lowest BCUT2D eigenvalue weighted by atomic mass is 9.88. The molecule has 118 valence electrons. The van der Waals surface area contributed by atoms with E-state index in [1.54, 1.807) is 0 Å². The number of methoxy groups -OCH3 is 1. The summed E-state index contributed by atoms with van der Waals surface area (Å²) < 4.78 is 4.97. The highest BCUT2D eigenvalue weighted by Gasteiger charge is 2.35. The van der Waals surface area contributed by atoms with Crippen molar-refractivity contribution < 1.29 is 9.53 Å². The number of ether oxygens (including phenoxy) is 1. The van der Waals surface area contributed by atoms with Crippen LogP contribution in [0.2, 0.25) is 0 Å². The van der Waals surface area contributed by atoms with Gasteiger partial charge in [0.05, 0.1) is 13.2 Å². The van der Waals surface area contributed by atoms with Gasteiger partial charge in [0, 0.05) is 35.8 Å². The number of hydrogen-bond acceptors (Lipinski definition) is 4. The highest BCUT2D eigenvalue weighted by molar-refractivity contribution is 5.87. The zero-order valence-electron chi connectivity index (χ0n) is 13.0. The number of aromatic amines is 1. The third-order valence-corrected chi connectivity index (χ3v) is 4.69. The van der Waals surface area contributed by atoms with Gasteiger partial charge in [-0.3, -0.25) is 15.1 Å². The maximum absolute atomic E-state index is 12.1. The lowest BCUT2D eigenvalue weighted by Crippen LogP contribution is -2.46. The van der Waals surface area contributed by atoms with Gasteiger partial charge in [-0.05, 0) is 29.7 Å². The molecule has 0 saturated heterocycles. The second kappa shape index (κ2) is 5.66. The van der Waals surface area contributed by atoms with Crippen LogP contribution in [0.5, 0.6) is 0 Å². The molecule has 0 aliphatic carbocycles. The van der Waals surface area contributed by atoms with Crippen LogP contribution in [0.15, 0.2) is 40.9 Å². The summed E-state index contributed by atoms with van der Waals surface area (Å²) >= 11 is 0. The fourth-order valence-electron chi connectivity index (χ4n) is 3.56. The smallest absolute Gasteiger partial charge is 0.323 e. The largest absolute Gasteiger partial charge is 0.468 e. The summed E-state index contributed by atoms with van der Waals surface area (Å²) in [4.78, 5) is 19.9. The van der Waals surface area contributed by atoms with E-state index in [0.717, 1.165) is 24.2 Å². The highest BCUT2D eigenvalue weighted by Crippen LogP contribution is 2.36. The summed E-state index contributed by atoms with van der Waals surface area (Å²) in [5, 5.41) is 4.64. The first-order valence-electron chi connectivity index (χ1n) is 7.90. The van der Waals surface area contributed by atoms with E-state index in [-0.39, 0.29) is 18.1 Å². The van der Waals surface area contributed by atoms with Gasteiger partial charge in [0.1, 0.15) is 6.04 Å². The fraction of sp³-hybridized carbons (Fsp3) is 0.333. The molecule has 0 bridgehead atoms. The van der Waals surface area contributed by atoms with Gasteiger partial charge < -0.3 is 9.72 Å². The van der Waals surface area contributed by atoms with Crippen LogP contribution in [-0.4, -0.2) is 36.9 Å². The number of para-hydroxylation sites is 1. The normalized spacial score (nSPS) is 23.4. The van der Waals surface area contributed by atoms with Gasteiger partial charge in [-0.2, -0.15) is 0 Å². The van der Waals surface area contributed by atoms with Gasteiger partial charge in [0.25, 0.3) is 0 Å². The number of carbonyl (C=O) groups is 1. The molecular formula is C18H19N3O2. The van der Waals surface area contributed by atoms with E-state index < -0.39 is 0 Å². The van der Waals surface area contributed by atoms with Gasteiger partial charge >= 0.3 is 5.97 Å². The van der Waals surface area contributed by atoms with Crippen LogP contribution < -0.4 is 5.32 Å². The van der Waals surface area contributed by atoms with Gasteiger partial charge in [0.2, 0.25) is 0 Å². The van der Waals surface area contributed by atoms with Crippen molar-refractivity contribution in [3.63, 3.8) is 0 Å². The van der Waals surface area contributed by atoms with Crippen molar-refractivity contribution >= 4 is 23.1 Å². The minimum absolute atomic E-state index is 0.00185. The Bertz CT molecular complexity index is 819. The molecule has 0 radical (unpaired) electrons. The number of fused-ring (bicyclic) bond motifs is 3. The number of nitrogens with zero attached hydrogens (tertiary/aromatic N) is 1. The van der Waals surface area contributed by atoms with Crippen molar-refractivity contribution in [2.75, 3.05) is 13.7 Å². The van der Waals surface area contributed by atoms with Gasteiger partial charge in [0.15, 0.2) is 0 Å². The van der Waals surface area contributed by atoms with E-state index in [2.05, 4.69) is 33.5 Å². The predicted molar refractivity (Wildman–Crippen MR) is 89.7 cm³/mol. The summed E-state index contributed by atoms with van der Waals surface area (Å²) in [5.41, 5.74) is 4.73. The van der Waals surface area contributed by atoms with Crippen molar-refractivity contribution in [1.82, 2.24) is 10.3 Å². The Hall–Kier alpha value is -2.40. The summed E-state index contributed by atoms with van der Waals surface area (Å²) in [6, 6.07) is 7.93. The van der Waals surface area contributed by atoms with Crippen LogP contribution in [0, 0.1) is 0 Å². The SMILES string of the molecule is COC(=O)[C@@H]1Cc2c([nH]c3ccccc23)C(C2=CC=NCC2)N1. The number of allylic oxidation sites excluding steroid dienone is 1. The van der Waals surface area contributed by atoms with Crippen molar-refractivity contribution in [2.45, 2.75) is 24.9 Å². The molecule has 23 heavy (non-hydrogen) atoms. The predicted octanol–water partition coefficient (Wildman–Crippen LogP) is 2.30. The minimum Gasteiger partial charge on any atom is -0.468 e. The van der Waals surface area contributed by atoms with Crippen LogP contribution in [0.4, 0.5) is 0 Å². The number of carbonyl (C=O) groups excluding carboxylic acids is 1. The molecule has 0 spiro atoms. The molecule has 5 heteroatoms. The minimum atomic E-state index is -0.323. The number of rotatable bonds is 2. The van der Waals surface area contributed by atoms with E-state index in [4.69, 9.17) is 4.74 Å². The molecule has 2 aromatic rings. The molecule has 2 atom stereocenters. The Kier molecular flexibility index (Phi) is 3.50. The van der Waals surface area contributed by atoms with Gasteiger partial charge in [-0.1, -0.05) is 18.2 Å². The molecule has 2 aliphatic rings. The average molecular weight is 309 g/mol. The van der Waals surface area contributed by atoms with Crippen LogP contribution in [0.1, 0.15) is 23.7 Å². The van der Waals surface area contributed by atoms with E-state index in [9.17, 15) is 4.79 Å². The monoisotopic (exact) mass is 309 g/mol. The number of aromatic nitrogens is 1. The maximum Gasteiger partial charge on any atom is 0.323 e. The summed E-state index contributed by atoms with van der Waals surface area (Å²) in [7, 11) is 1.44. The number of aliphatic imine (C=N–C) groups is 1. The number of H-pyrrole nitrogens is 1. The summed E-state index contributed by atoms with van der Waals surface area (Å²) in [5.74, 6) is -0.212. The first-order chi connectivity index (χ1) is 11.3. The zero-order chi connectivity index (χ0) is 15.8. The van der Waals surface area contributed by atoms with E-state index in [1.165, 1.54) is 23.6 Å². The number of hydrogen-bond donors (Lipinski definition) is 2. The lowest BCUT2D eigenvalue weighted by molar-refractivity contribution is -0.143. The molecule has 3 heterocycles. The van der Waals surface area contributed by atoms with Crippen LogP contribution in [0.3, 0.4) is 0 Å². The van der Waals surface area contributed by atoms with Crippen molar-refractivity contribution in [2.24, 2.45) is 4.99 Å². The molecule has 0 saturated carbocycles. The van der Waals surface area contributed by atoms with Crippen LogP contribution >= 0.6 is 0 Å². The molecule has 5 nitrogen and oxygen atoms in total. The van der Waals surface area contributed by atoms with Crippen LogP contribution in [-0.2, 0) is 16.0 Å². The third-order valence-electron chi connectivity index (χ3n) is 4.69. The molecule has 4 rings (SSSR count). The maximum atomic E-state index is 12.1. The van der Waals surface area contributed by atoms with Gasteiger partial charge in [-0.15, -0.1) is 0 Å². The quantitative estimate of drug-likeness (QED) is 0.837. The van der Waals surface area contributed by atoms with Crippen molar-refractivity contribution in [1.29, 1.82) is 0 Å². The Morgan fingerprint density at radius 2 is 2.22 bits per heavy atom. The molecule has 2 N–H and O–H groups in total. The van der Waals surface area contributed by atoms with Gasteiger partial charge in [-0.25, -0.2) is 0 Å². The first-order valence-corrected chi connectivity index (χ1v) is 7.90. The van der Waals surface area contributed by atoms with Crippen molar-refractivity contribution in [3.05, 3.63) is 47.2 Å². The average Bonchev–Trinajstić information content (AvgIpc) is 2.99. The summed E-state index contributed by atoms with van der Waals surface area (Å²) in [6.07, 6.45) is 5.45. The molecule has 0 amide bonds. The Morgan fingerprint density at radius 3 is 3.00 bits per heavy atom. The van der Waals surface area contributed by atoms with E-state index in [1.807, 2.05) is 18.3 Å². The second-order valence-corrected chi connectivity index (χ2v) is 5.99. The third kappa shape index (κ3) is 2.37. The lowest BCUT2D eigenvalue weighted by Gasteiger charge is -2.32. The van der Waals surface area contributed by atoms with Crippen molar-refractivity contribution in [3.8, 4) is 0 Å². The number of dihydropyridines is 1. The van der Waals surface area contributed by atoms with Crippen LogP contribution in [0.25, 0.3) is 10.9 Å². The molecule has 2 aliphatic heterocycles. The Balaban J connectivity index is 1.84. The molecule has 1 aromatic heterocycles. The fourth-order valence-corrected chi connectivity index (χ4v) is 3.56. The molecular weight excluding hydrogens is 290 g/mol. The second-order valence-electron chi connectivity index (χ2n) is 5.99. The number of benzene rings is 1. The molecule has 1 aromatic carbocycles. The molecule has 1 unspecified atom stereocenters. The Labute approximate surface area is 134 Å². The van der Waals surface area contributed by atoms with E-state index in [0.29, 0.717) is 6.42 Å². The zero-order valence-corrected chi connectivity index (χ0v) is 13.0. The highest BCUT2D eigenvalue weighted by atomic mass is 16.5. The molecule has 0 fully saturated rings. The summed E-state index contributed by atoms with van der Waals surface area (Å²) in [6.45, 7) is 0.794. The topological polar surface area (TPSA) is 66.5 Å². The van der Waals surface area contributed by atoms with E-state index >= 15 is 0 Å². The Morgan fingerprint density at radius 1 is 1.35 bits per heavy atom. The first kappa shape index (κ1) is 14.2. The standard InChI is InChI=1S/C18H19N3O2/c1-23-18(22)15-10-13-12-4-2-3-5-14(12)20-17(13)16(21-15)11-6-8-19-9-7-11/h2-6,8,15-16,20-21H,7,9-10H2,1H3/t15-,16?/m0/s1. The number of esters is 1. The number of nitrogens with one attached hydrogen (secondary N) is 2.